The van der Waals surface area contributed by atoms with E-state index >= 15 is 0 Å². The summed E-state index contributed by atoms with van der Waals surface area (Å²) in [5.74, 6) is 0.350. The molecule has 0 N–H and O–H groups in total. The molecule has 0 bridgehead atoms. The van der Waals surface area contributed by atoms with Crippen LogP contribution < -0.4 is 0 Å². The third kappa shape index (κ3) is 3.76. The molecule has 2 aromatic carbocycles. The van der Waals surface area contributed by atoms with E-state index in [9.17, 15) is 0 Å². The SMILES string of the molecule is c1ccc(CC(Cc2ccccc2)c2cnccn2)cc1. The second kappa shape index (κ2) is 6.80. The van der Waals surface area contributed by atoms with Crippen LogP contribution in [0, 0.1) is 0 Å². The predicted molar refractivity (Wildman–Crippen MR) is 85.1 cm³/mol. The Morgan fingerprint density at radius 1 is 0.714 bits per heavy atom. The molecule has 0 spiro atoms. The van der Waals surface area contributed by atoms with Gasteiger partial charge in [0.25, 0.3) is 0 Å². The van der Waals surface area contributed by atoms with Crippen LogP contribution in [0.3, 0.4) is 0 Å². The molecule has 0 saturated carbocycles. The van der Waals surface area contributed by atoms with Gasteiger partial charge in [0.2, 0.25) is 0 Å². The highest BCUT2D eigenvalue weighted by molar-refractivity contribution is 5.23. The lowest BCUT2D eigenvalue weighted by molar-refractivity contribution is 0.654. The zero-order valence-electron chi connectivity index (χ0n) is 11.9. The highest BCUT2D eigenvalue weighted by Crippen LogP contribution is 2.23. The molecule has 104 valence electrons. The summed E-state index contributed by atoms with van der Waals surface area (Å²) in [6.45, 7) is 0. The van der Waals surface area contributed by atoms with E-state index in [0.717, 1.165) is 18.5 Å². The van der Waals surface area contributed by atoms with E-state index in [0.29, 0.717) is 5.92 Å². The topological polar surface area (TPSA) is 25.8 Å². The summed E-state index contributed by atoms with van der Waals surface area (Å²) in [6, 6.07) is 21.2. The van der Waals surface area contributed by atoms with E-state index < -0.39 is 0 Å². The van der Waals surface area contributed by atoms with Crippen LogP contribution in [0.15, 0.2) is 79.3 Å². The van der Waals surface area contributed by atoms with E-state index in [2.05, 4.69) is 70.6 Å². The molecule has 1 heterocycles. The largest absolute Gasteiger partial charge is 0.261 e. The predicted octanol–water partition coefficient (Wildman–Crippen LogP) is 4.05. The van der Waals surface area contributed by atoms with Gasteiger partial charge in [-0.05, 0) is 24.0 Å². The Balaban J connectivity index is 1.84. The van der Waals surface area contributed by atoms with Crippen molar-refractivity contribution < 1.29 is 0 Å². The van der Waals surface area contributed by atoms with Crippen LogP contribution in [0.1, 0.15) is 22.7 Å². The molecule has 0 aliphatic carbocycles. The van der Waals surface area contributed by atoms with Crippen LogP contribution in [-0.2, 0) is 12.8 Å². The maximum atomic E-state index is 4.51. The van der Waals surface area contributed by atoms with E-state index in [-0.39, 0.29) is 0 Å². The van der Waals surface area contributed by atoms with Gasteiger partial charge in [-0.1, -0.05) is 60.7 Å². The number of benzene rings is 2. The van der Waals surface area contributed by atoms with E-state index in [4.69, 9.17) is 0 Å². The molecule has 0 unspecified atom stereocenters. The van der Waals surface area contributed by atoms with Crippen LogP contribution in [0.4, 0.5) is 0 Å². The minimum atomic E-state index is 0.350. The molecule has 2 heteroatoms. The lowest BCUT2D eigenvalue weighted by Crippen LogP contribution is -2.09. The Morgan fingerprint density at radius 2 is 1.29 bits per heavy atom. The minimum Gasteiger partial charge on any atom is -0.261 e. The molecule has 0 amide bonds. The molecule has 0 aliphatic heterocycles. The van der Waals surface area contributed by atoms with Crippen LogP contribution >= 0.6 is 0 Å². The minimum absolute atomic E-state index is 0.350. The highest BCUT2D eigenvalue weighted by atomic mass is 14.8. The molecule has 1 aromatic heterocycles. The van der Waals surface area contributed by atoms with Crippen LogP contribution in [0.5, 0.6) is 0 Å². The molecule has 21 heavy (non-hydrogen) atoms. The van der Waals surface area contributed by atoms with Gasteiger partial charge in [0.1, 0.15) is 0 Å². The zero-order chi connectivity index (χ0) is 14.3. The first-order valence-corrected chi connectivity index (χ1v) is 7.25. The molecular weight excluding hydrogens is 256 g/mol. The van der Waals surface area contributed by atoms with Gasteiger partial charge in [-0.15, -0.1) is 0 Å². The standard InChI is InChI=1S/C19H18N2/c1-3-7-16(8-4-1)13-18(19-15-20-11-12-21-19)14-17-9-5-2-6-10-17/h1-12,15,18H,13-14H2. The lowest BCUT2D eigenvalue weighted by atomic mass is 9.90. The molecule has 0 fully saturated rings. The quantitative estimate of drug-likeness (QED) is 0.701. The Labute approximate surface area is 125 Å². The average Bonchev–Trinajstić information content (AvgIpc) is 2.57. The Kier molecular flexibility index (Phi) is 4.37. The number of nitrogens with zero attached hydrogens (tertiary/aromatic N) is 2. The van der Waals surface area contributed by atoms with Gasteiger partial charge < -0.3 is 0 Å². The fourth-order valence-corrected chi connectivity index (χ4v) is 2.60. The molecule has 0 atom stereocenters. The van der Waals surface area contributed by atoms with Crippen molar-refractivity contribution in [1.29, 1.82) is 0 Å². The van der Waals surface area contributed by atoms with Crippen molar-refractivity contribution in [3.05, 3.63) is 96.1 Å². The maximum absolute atomic E-state index is 4.51. The summed E-state index contributed by atoms with van der Waals surface area (Å²) < 4.78 is 0. The normalized spacial score (nSPS) is 10.7. The van der Waals surface area contributed by atoms with E-state index in [1.165, 1.54) is 11.1 Å². The van der Waals surface area contributed by atoms with Crippen molar-refractivity contribution in [1.82, 2.24) is 9.97 Å². The molecule has 0 radical (unpaired) electrons. The monoisotopic (exact) mass is 274 g/mol. The zero-order valence-corrected chi connectivity index (χ0v) is 11.9. The summed E-state index contributed by atoms with van der Waals surface area (Å²) in [7, 11) is 0. The summed E-state index contributed by atoms with van der Waals surface area (Å²) >= 11 is 0. The summed E-state index contributed by atoms with van der Waals surface area (Å²) in [4.78, 5) is 8.74. The molecule has 2 nitrogen and oxygen atoms in total. The van der Waals surface area contributed by atoms with Gasteiger partial charge in [-0.2, -0.15) is 0 Å². The van der Waals surface area contributed by atoms with Gasteiger partial charge in [-0.3, -0.25) is 9.97 Å². The first kappa shape index (κ1) is 13.5. The van der Waals surface area contributed by atoms with Crippen molar-refractivity contribution in [3.63, 3.8) is 0 Å². The molecule has 0 saturated heterocycles. The molecule has 3 aromatic rings. The van der Waals surface area contributed by atoms with Gasteiger partial charge in [0, 0.05) is 24.5 Å². The van der Waals surface area contributed by atoms with Crippen molar-refractivity contribution in [2.75, 3.05) is 0 Å². The van der Waals surface area contributed by atoms with E-state index in [1.807, 2.05) is 6.20 Å². The summed E-state index contributed by atoms with van der Waals surface area (Å²) in [5.41, 5.74) is 3.73. The fraction of sp³-hybridized carbons (Fsp3) is 0.158. The third-order valence-electron chi connectivity index (χ3n) is 3.65. The van der Waals surface area contributed by atoms with Crippen LogP contribution in [0.25, 0.3) is 0 Å². The van der Waals surface area contributed by atoms with Crippen molar-refractivity contribution >= 4 is 0 Å². The number of hydrogen-bond acceptors (Lipinski definition) is 2. The maximum Gasteiger partial charge on any atom is 0.0624 e. The molecular formula is C19H18N2. The van der Waals surface area contributed by atoms with Gasteiger partial charge in [-0.25, -0.2) is 0 Å². The van der Waals surface area contributed by atoms with Crippen LogP contribution in [0.2, 0.25) is 0 Å². The van der Waals surface area contributed by atoms with Crippen LogP contribution in [-0.4, -0.2) is 9.97 Å². The fourth-order valence-electron chi connectivity index (χ4n) is 2.60. The first-order valence-electron chi connectivity index (χ1n) is 7.25. The van der Waals surface area contributed by atoms with E-state index in [1.54, 1.807) is 12.4 Å². The number of aromatic nitrogens is 2. The number of hydrogen-bond donors (Lipinski definition) is 0. The van der Waals surface area contributed by atoms with Crippen molar-refractivity contribution in [2.24, 2.45) is 0 Å². The Hall–Kier alpha value is -2.48. The molecule has 0 aliphatic rings. The second-order valence-corrected chi connectivity index (χ2v) is 5.21. The first-order chi connectivity index (χ1) is 10.4. The summed E-state index contributed by atoms with van der Waals surface area (Å²) in [5, 5.41) is 0. The van der Waals surface area contributed by atoms with Crippen molar-refractivity contribution in [2.45, 2.75) is 18.8 Å². The van der Waals surface area contributed by atoms with Gasteiger partial charge >= 0.3 is 0 Å². The van der Waals surface area contributed by atoms with Crippen molar-refractivity contribution in [3.8, 4) is 0 Å². The van der Waals surface area contributed by atoms with Gasteiger partial charge in [0.05, 0.1) is 5.69 Å². The lowest BCUT2D eigenvalue weighted by Gasteiger charge is -2.16. The second-order valence-electron chi connectivity index (χ2n) is 5.21. The molecule has 3 rings (SSSR count). The Bertz CT molecular complexity index is 609. The number of rotatable bonds is 5. The smallest absolute Gasteiger partial charge is 0.0624 e. The average molecular weight is 274 g/mol. The third-order valence-corrected chi connectivity index (χ3v) is 3.65. The van der Waals surface area contributed by atoms with Gasteiger partial charge in [0.15, 0.2) is 0 Å². The Morgan fingerprint density at radius 3 is 1.76 bits per heavy atom. The summed E-state index contributed by atoms with van der Waals surface area (Å²) in [6.07, 6.45) is 7.35. The highest BCUT2D eigenvalue weighted by Gasteiger charge is 2.14.